The molecule has 1 unspecified atom stereocenters. The van der Waals surface area contributed by atoms with E-state index in [2.05, 4.69) is 130 Å². The van der Waals surface area contributed by atoms with Crippen LogP contribution in [0.25, 0.3) is 0 Å². The van der Waals surface area contributed by atoms with Gasteiger partial charge in [0.1, 0.15) is 13.2 Å². The molecule has 0 fully saturated rings. The van der Waals surface area contributed by atoms with Crippen molar-refractivity contribution in [2.45, 2.75) is 322 Å². The number of allylic oxidation sites excluding steroid dienone is 18. The minimum atomic E-state index is -0.793. The first-order chi connectivity index (χ1) is 39.0. The Morgan fingerprint density at radius 1 is 0.266 bits per heavy atom. The first-order valence-corrected chi connectivity index (χ1v) is 33.4. The third-order valence-corrected chi connectivity index (χ3v) is 14.2. The summed E-state index contributed by atoms with van der Waals surface area (Å²) >= 11 is 0. The standard InChI is InChI=1S/C73H124O6/c1-4-7-10-13-16-19-22-25-28-31-32-33-34-35-36-37-38-39-40-41-42-43-46-48-51-54-57-60-63-66-72(75)78-69-70(79-73(76)67-64-61-58-55-52-49-45-30-27-24-21-18-15-12-9-6-3)68-77-71(74)65-62-59-56-53-50-47-44-29-26-23-20-17-14-11-8-5-2/h7,10,16,19,25,28-30,32-33,35-36,38-39,41-42,44-45,70H,4-6,8-9,11-15,17-18,20-24,26-27,31,34,37,40,43,46-69H2,1-3H3/b10-7-,19-16-,28-25-,33-32-,36-35-,39-38-,42-41-,44-29-,45-30-. The van der Waals surface area contributed by atoms with Crippen LogP contribution in [0.15, 0.2) is 109 Å². The average Bonchev–Trinajstić information content (AvgIpc) is 3.45. The summed E-state index contributed by atoms with van der Waals surface area (Å²) in [4.78, 5) is 38.4. The van der Waals surface area contributed by atoms with Crippen LogP contribution in [0.3, 0.4) is 0 Å². The van der Waals surface area contributed by atoms with E-state index in [0.717, 1.165) is 128 Å². The molecule has 0 aromatic carbocycles. The molecule has 6 nitrogen and oxygen atoms in total. The predicted octanol–water partition coefficient (Wildman–Crippen LogP) is 23.0. The molecule has 0 aromatic rings. The van der Waals surface area contributed by atoms with Crippen molar-refractivity contribution in [3.63, 3.8) is 0 Å². The summed E-state index contributed by atoms with van der Waals surface area (Å²) in [6, 6.07) is 0. The number of carbonyl (C=O) groups excluding carboxylic acids is 3. The van der Waals surface area contributed by atoms with Crippen molar-refractivity contribution in [3.05, 3.63) is 109 Å². The largest absolute Gasteiger partial charge is 0.462 e. The lowest BCUT2D eigenvalue weighted by Gasteiger charge is -2.18. The van der Waals surface area contributed by atoms with Crippen LogP contribution in [-0.4, -0.2) is 37.2 Å². The zero-order chi connectivity index (χ0) is 57.1. The summed E-state index contributed by atoms with van der Waals surface area (Å²) in [5.74, 6) is -0.906. The maximum Gasteiger partial charge on any atom is 0.306 e. The SMILES string of the molecule is CC/C=C\C/C=C\C/C=C\C/C=C\C/C=C\C/C=C\C/C=C\CCCCCCCCCC(=O)OCC(COC(=O)CCCCCCC/C=C\CCCCCCCCC)OC(=O)CCCCCCC/C=C\CCCCCCCCC. The highest BCUT2D eigenvalue weighted by Gasteiger charge is 2.19. The van der Waals surface area contributed by atoms with E-state index in [1.54, 1.807) is 0 Å². The molecule has 0 spiro atoms. The van der Waals surface area contributed by atoms with Crippen LogP contribution in [0.2, 0.25) is 0 Å². The van der Waals surface area contributed by atoms with Crippen LogP contribution in [0.4, 0.5) is 0 Å². The topological polar surface area (TPSA) is 78.9 Å². The fraction of sp³-hybridized carbons (Fsp3) is 0.712. The van der Waals surface area contributed by atoms with E-state index >= 15 is 0 Å². The van der Waals surface area contributed by atoms with Gasteiger partial charge in [-0.1, -0.05) is 278 Å². The summed E-state index contributed by atoms with van der Waals surface area (Å²) in [6.07, 6.45) is 90.9. The van der Waals surface area contributed by atoms with Gasteiger partial charge < -0.3 is 14.2 Å². The van der Waals surface area contributed by atoms with Gasteiger partial charge in [0.2, 0.25) is 0 Å². The molecule has 0 amide bonds. The Labute approximate surface area is 489 Å². The normalized spacial score (nSPS) is 12.8. The Kier molecular flexibility index (Phi) is 63.3. The lowest BCUT2D eigenvalue weighted by molar-refractivity contribution is -0.167. The average molecular weight is 1100 g/mol. The van der Waals surface area contributed by atoms with E-state index in [4.69, 9.17) is 14.2 Å². The first kappa shape index (κ1) is 75.1. The number of unbranched alkanes of at least 4 members (excludes halogenated alkanes) is 31. The molecule has 0 aliphatic carbocycles. The van der Waals surface area contributed by atoms with Gasteiger partial charge in [-0.05, 0) is 128 Å². The number of hydrogen-bond donors (Lipinski definition) is 0. The molecule has 0 heterocycles. The zero-order valence-electron chi connectivity index (χ0n) is 51.9. The molecule has 0 N–H and O–H groups in total. The zero-order valence-corrected chi connectivity index (χ0v) is 51.9. The van der Waals surface area contributed by atoms with Crippen LogP contribution in [0, 0.1) is 0 Å². The fourth-order valence-electron chi connectivity index (χ4n) is 9.24. The highest BCUT2D eigenvalue weighted by Crippen LogP contribution is 2.15. The van der Waals surface area contributed by atoms with E-state index in [9.17, 15) is 14.4 Å². The van der Waals surface area contributed by atoms with E-state index in [-0.39, 0.29) is 31.1 Å². The van der Waals surface area contributed by atoms with Gasteiger partial charge in [0.25, 0.3) is 0 Å². The molecule has 0 aliphatic rings. The lowest BCUT2D eigenvalue weighted by Crippen LogP contribution is -2.30. The third kappa shape index (κ3) is 64.8. The van der Waals surface area contributed by atoms with Crippen molar-refractivity contribution in [2.24, 2.45) is 0 Å². The van der Waals surface area contributed by atoms with Crippen molar-refractivity contribution in [1.29, 1.82) is 0 Å². The summed E-state index contributed by atoms with van der Waals surface area (Å²) in [5.41, 5.74) is 0. The third-order valence-electron chi connectivity index (χ3n) is 14.2. The minimum absolute atomic E-state index is 0.0885. The van der Waals surface area contributed by atoms with Gasteiger partial charge >= 0.3 is 17.9 Å². The molecule has 0 radical (unpaired) electrons. The monoisotopic (exact) mass is 1100 g/mol. The molecule has 0 bridgehead atoms. The summed E-state index contributed by atoms with van der Waals surface area (Å²) in [6.45, 7) is 6.52. The van der Waals surface area contributed by atoms with Crippen LogP contribution >= 0.6 is 0 Å². The van der Waals surface area contributed by atoms with Crippen LogP contribution < -0.4 is 0 Å². The molecule has 452 valence electrons. The Morgan fingerprint density at radius 2 is 0.494 bits per heavy atom. The summed E-state index contributed by atoms with van der Waals surface area (Å²) < 4.78 is 16.9. The summed E-state index contributed by atoms with van der Waals surface area (Å²) in [5, 5.41) is 0. The van der Waals surface area contributed by atoms with Gasteiger partial charge in [-0.25, -0.2) is 0 Å². The van der Waals surface area contributed by atoms with Gasteiger partial charge in [-0.2, -0.15) is 0 Å². The highest BCUT2D eigenvalue weighted by atomic mass is 16.6. The molecule has 0 aliphatic heterocycles. The quantitative estimate of drug-likeness (QED) is 0.0261. The number of esters is 3. The second-order valence-electron chi connectivity index (χ2n) is 22.0. The molecule has 0 saturated carbocycles. The lowest BCUT2D eigenvalue weighted by atomic mass is 10.1. The van der Waals surface area contributed by atoms with Crippen molar-refractivity contribution in [1.82, 2.24) is 0 Å². The molecule has 79 heavy (non-hydrogen) atoms. The number of carbonyl (C=O) groups is 3. The van der Waals surface area contributed by atoms with Gasteiger partial charge in [-0.15, -0.1) is 0 Å². The molecule has 0 aromatic heterocycles. The van der Waals surface area contributed by atoms with Crippen molar-refractivity contribution < 1.29 is 28.6 Å². The summed E-state index contributed by atoms with van der Waals surface area (Å²) in [7, 11) is 0. The number of ether oxygens (including phenoxy) is 3. The molecule has 0 saturated heterocycles. The first-order valence-electron chi connectivity index (χ1n) is 33.4. The molecular formula is C73H124O6. The smallest absolute Gasteiger partial charge is 0.306 e. The van der Waals surface area contributed by atoms with E-state index in [1.165, 1.54) is 148 Å². The Hall–Kier alpha value is -3.93. The Bertz CT molecular complexity index is 1590. The predicted molar refractivity (Wildman–Crippen MR) is 343 cm³/mol. The number of rotatable bonds is 60. The maximum absolute atomic E-state index is 12.9. The molecule has 6 heteroatoms. The van der Waals surface area contributed by atoms with Gasteiger partial charge in [0.15, 0.2) is 6.10 Å². The highest BCUT2D eigenvalue weighted by molar-refractivity contribution is 5.71. The number of hydrogen-bond acceptors (Lipinski definition) is 6. The van der Waals surface area contributed by atoms with Crippen molar-refractivity contribution in [3.8, 4) is 0 Å². The second kappa shape index (κ2) is 66.6. The van der Waals surface area contributed by atoms with E-state index in [1.807, 2.05) is 0 Å². The Morgan fingerprint density at radius 3 is 0.785 bits per heavy atom. The maximum atomic E-state index is 12.9. The van der Waals surface area contributed by atoms with E-state index < -0.39 is 6.10 Å². The van der Waals surface area contributed by atoms with Crippen LogP contribution in [-0.2, 0) is 28.6 Å². The molecule has 1 atom stereocenters. The van der Waals surface area contributed by atoms with Crippen LogP contribution in [0.5, 0.6) is 0 Å². The second-order valence-corrected chi connectivity index (χ2v) is 22.0. The molecular weight excluding hydrogens is 973 g/mol. The minimum Gasteiger partial charge on any atom is -0.462 e. The van der Waals surface area contributed by atoms with E-state index in [0.29, 0.717) is 19.3 Å². The van der Waals surface area contributed by atoms with Gasteiger partial charge in [0.05, 0.1) is 0 Å². The Balaban J connectivity index is 4.36. The van der Waals surface area contributed by atoms with Gasteiger partial charge in [0, 0.05) is 19.3 Å². The fourth-order valence-corrected chi connectivity index (χ4v) is 9.24. The van der Waals surface area contributed by atoms with Crippen molar-refractivity contribution in [2.75, 3.05) is 13.2 Å². The molecule has 0 rings (SSSR count). The van der Waals surface area contributed by atoms with Crippen LogP contribution in [0.1, 0.15) is 316 Å². The van der Waals surface area contributed by atoms with Gasteiger partial charge in [-0.3, -0.25) is 14.4 Å². The van der Waals surface area contributed by atoms with Crippen molar-refractivity contribution >= 4 is 17.9 Å².